The van der Waals surface area contributed by atoms with Crippen molar-refractivity contribution in [3.63, 3.8) is 0 Å². The summed E-state index contributed by atoms with van der Waals surface area (Å²) in [5, 5.41) is 4.30. The van der Waals surface area contributed by atoms with Crippen molar-refractivity contribution >= 4 is 23.2 Å². The van der Waals surface area contributed by atoms with Gasteiger partial charge in [-0.25, -0.2) is 4.39 Å². The molecule has 112 valence electrons. The minimum absolute atomic E-state index is 0.235. The lowest BCUT2D eigenvalue weighted by Gasteiger charge is -2.20. The molecule has 0 aliphatic carbocycles. The van der Waals surface area contributed by atoms with Crippen molar-refractivity contribution in [2.45, 2.75) is 26.3 Å². The van der Waals surface area contributed by atoms with Crippen molar-refractivity contribution in [3.05, 3.63) is 63.1 Å². The Hall–Kier alpha value is -1.16. The van der Waals surface area contributed by atoms with E-state index in [4.69, 9.17) is 23.2 Å². The van der Waals surface area contributed by atoms with Crippen LogP contribution in [0.15, 0.2) is 30.5 Å². The molecule has 2 nitrogen and oxygen atoms in total. The molecule has 0 saturated heterocycles. The molecule has 1 atom stereocenters. The van der Waals surface area contributed by atoms with Crippen LogP contribution >= 0.6 is 23.2 Å². The Balaban J connectivity index is 2.44. The Bertz CT molecular complexity index is 632. The Morgan fingerprint density at radius 1 is 1.29 bits per heavy atom. The fraction of sp³-hybridized carbons (Fsp3) is 0.312. The van der Waals surface area contributed by atoms with Gasteiger partial charge in [-0.3, -0.25) is 4.98 Å². The number of nitrogens with zero attached hydrogens (tertiary/aromatic N) is 1. The van der Waals surface area contributed by atoms with E-state index in [2.05, 4.69) is 17.2 Å². The lowest BCUT2D eigenvalue weighted by atomic mass is 10.0. The first-order valence-corrected chi connectivity index (χ1v) is 7.59. The molecule has 0 amide bonds. The monoisotopic (exact) mass is 326 g/mol. The van der Waals surface area contributed by atoms with E-state index >= 15 is 0 Å². The van der Waals surface area contributed by atoms with Gasteiger partial charge in [0.2, 0.25) is 0 Å². The average Bonchev–Trinajstić information content (AvgIpc) is 2.44. The van der Waals surface area contributed by atoms with Gasteiger partial charge in [0.05, 0.1) is 21.8 Å². The second kappa shape index (κ2) is 7.21. The molecule has 2 aromatic rings. The van der Waals surface area contributed by atoms with E-state index in [0.29, 0.717) is 21.3 Å². The van der Waals surface area contributed by atoms with Crippen molar-refractivity contribution in [2.75, 3.05) is 6.54 Å². The molecule has 1 N–H and O–H groups in total. The highest BCUT2D eigenvalue weighted by molar-refractivity contribution is 6.34. The molecule has 1 aromatic carbocycles. The van der Waals surface area contributed by atoms with Gasteiger partial charge in [-0.2, -0.15) is 0 Å². The summed E-state index contributed by atoms with van der Waals surface area (Å²) >= 11 is 12.1. The van der Waals surface area contributed by atoms with Crippen molar-refractivity contribution in [1.29, 1.82) is 0 Å². The number of benzene rings is 1. The summed E-state index contributed by atoms with van der Waals surface area (Å²) in [6.45, 7) is 4.58. The number of hydrogen-bond donors (Lipinski definition) is 1. The van der Waals surface area contributed by atoms with E-state index < -0.39 is 0 Å². The van der Waals surface area contributed by atoms with E-state index in [1.54, 1.807) is 25.3 Å². The van der Waals surface area contributed by atoms with Crippen LogP contribution in [0.25, 0.3) is 0 Å². The summed E-state index contributed by atoms with van der Waals surface area (Å²) in [7, 11) is 0. The normalized spacial score (nSPS) is 12.4. The number of pyridine rings is 1. The summed E-state index contributed by atoms with van der Waals surface area (Å²) < 4.78 is 13.8. The number of rotatable bonds is 5. The lowest BCUT2D eigenvalue weighted by molar-refractivity contribution is 0.574. The molecule has 0 fully saturated rings. The van der Waals surface area contributed by atoms with Gasteiger partial charge in [-0.15, -0.1) is 0 Å². The van der Waals surface area contributed by atoms with Crippen LogP contribution in [0.5, 0.6) is 0 Å². The zero-order chi connectivity index (χ0) is 15.4. The third-order valence-corrected chi connectivity index (χ3v) is 3.75. The number of aromatic nitrogens is 1. The maximum atomic E-state index is 13.8. The van der Waals surface area contributed by atoms with Gasteiger partial charge in [0.1, 0.15) is 5.82 Å². The number of halogens is 3. The maximum Gasteiger partial charge on any atom is 0.126 e. The highest BCUT2D eigenvalue weighted by Gasteiger charge is 2.19. The quantitative estimate of drug-likeness (QED) is 0.843. The van der Waals surface area contributed by atoms with Crippen LogP contribution in [0.1, 0.15) is 36.2 Å². The van der Waals surface area contributed by atoms with Crippen LogP contribution in [0.4, 0.5) is 4.39 Å². The summed E-state index contributed by atoms with van der Waals surface area (Å²) in [6.07, 6.45) is 2.50. The zero-order valence-electron chi connectivity index (χ0n) is 12.0. The molecule has 0 radical (unpaired) electrons. The second-order valence-corrected chi connectivity index (χ2v) is 5.76. The molecule has 1 aromatic heterocycles. The van der Waals surface area contributed by atoms with E-state index in [0.717, 1.165) is 18.5 Å². The van der Waals surface area contributed by atoms with Crippen LogP contribution in [0.3, 0.4) is 0 Å². The molecule has 21 heavy (non-hydrogen) atoms. The Morgan fingerprint density at radius 2 is 2.05 bits per heavy atom. The van der Waals surface area contributed by atoms with Gasteiger partial charge in [0.15, 0.2) is 0 Å². The SMILES string of the molecule is CCCNC(c1ccc(C)c(F)c1)c1ncc(Cl)cc1Cl. The first-order chi connectivity index (χ1) is 10.0. The molecule has 0 saturated carbocycles. The zero-order valence-corrected chi connectivity index (χ0v) is 13.5. The summed E-state index contributed by atoms with van der Waals surface area (Å²) in [5.74, 6) is -0.235. The first kappa shape index (κ1) is 16.2. The Labute approximate surface area is 134 Å². The van der Waals surface area contributed by atoms with Crippen LogP contribution in [0.2, 0.25) is 10.0 Å². The highest BCUT2D eigenvalue weighted by atomic mass is 35.5. The van der Waals surface area contributed by atoms with Crippen LogP contribution in [-0.4, -0.2) is 11.5 Å². The van der Waals surface area contributed by atoms with Crippen LogP contribution in [0, 0.1) is 12.7 Å². The summed E-state index contributed by atoms with van der Waals surface area (Å²) in [4.78, 5) is 4.31. The van der Waals surface area contributed by atoms with Crippen molar-refractivity contribution in [2.24, 2.45) is 0 Å². The average molecular weight is 327 g/mol. The third kappa shape index (κ3) is 3.94. The number of aryl methyl sites for hydroxylation is 1. The van der Waals surface area contributed by atoms with Gasteiger partial charge in [-0.1, -0.05) is 42.3 Å². The molecule has 5 heteroatoms. The molecule has 1 unspecified atom stereocenters. The third-order valence-electron chi connectivity index (χ3n) is 3.24. The smallest absolute Gasteiger partial charge is 0.126 e. The fourth-order valence-electron chi connectivity index (χ4n) is 2.09. The highest BCUT2D eigenvalue weighted by Crippen LogP contribution is 2.29. The molecular formula is C16H17Cl2FN2. The van der Waals surface area contributed by atoms with Crippen molar-refractivity contribution < 1.29 is 4.39 Å². The minimum atomic E-state index is -0.259. The molecule has 0 spiro atoms. The van der Waals surface area contributed by atoms with E-state index in [9.17, 15) is 4.39 Å². The molecule has 0 bridgehead atoms. The molecular weight excluding hydrogens is 310 g/mol. The van der Waals surface area contributed by atoms with Gasteiger partial charge in [0, 0.05) is 6.20 Å². The van der Waals surface area contributed by atoms with Crippen molar-refractivity contribution in [1.82, 2.24) is 10.3 Å². The Morgan fingerprint density at radius 3 is 2.67 bits per heavy atom. The van der Waals surface area contributed by atoms with Crippen molar-refractivity contribution in [3.8, 4) is 0 Å². The predicted octanol–water partition coefficient (Wildman–Crippen LogP) is 4.92. The Kier molecular flexibility index (Phi) is 5.57. The van der Waals surface area contributed by atoms with E-state index in [-0.39, 0.29) is 11.9 Å². The number of hydrogen-bond acceptors (Lipinski definition) is 2. The van der Waals surface area contributed by atoms with Gasteiger partial charge in [-0.05, 0) is 43.1 Å². The topological polar surface area (TPSA) is 24.9 Å². The molecule has 0 aliphatic heterocycles. The largest absolute Gasteiger partial charge is 0.305 e. The van der Waals surface area contributed by atoms with E-state index in [1.807, 2.05) is 6.07 Å². The van der Waals surface area contributed by atoms with Crippen LogP contribution in [-0.2, 0) is 0 Å². The standard InChI is InChI=1S/C16H17Cl2FN2/c1-3-6-20-15(11-5-4-10(2)14(19)7-11)16-13(18)8-12(17)9-21-16/h4-5,7-9,15,20H,3,6H2,1-2H3. The summed E-state index contributed by atoms with van der Waals surface area (Å²) in [6, 6.07) is 6.56. The van der Waals surface area contributed by atoms with Gasteiger partial charge in [0.25, 0.3) is 0 Å². The van der Waals surface area contributed by atoms with Crippen LogP contribution < -0.4 is 5.32 Å². The van der Waals surface area contributed by atoms with E-state index in [1.165, 1.54) is 6.07 Å². The molecule has 0 aliphatic rings. The minimum Gasteiger partial charge on any atom is -0.305 e. The van der Waals surface area contributed by atoms with Gasteiger partial charge >= 0.3 is 0 Å². The first-order valence-electron chi connectivity index (χ1n) is 6.83. The second-order valence-electron chi connectivity index (χ2n) is 4.92. The number of nitrogens with one attached hydrogen (secondary N) is 1. The summed E-state index contributed by atoms with van der Waals surface area (Å²) in [5.41, 5.74) is 2.06. The predicted molar refractivity (Wildman–Crippen MR) is 85.5 cm³/mol. The fourth-order valence-corrected chi connectivity index (χ4v) is 2.58. The molecule has 2 rings (SSSR count). The molecule has 1 heterocycles. The lowest BCUT2D eigenvalue weighted by Crippen LogP contribution is -2.24. The maximum absolute atomic E-state index is 13.8. The van der Waals surface area contributed by atoms with Gasteiger partial charge < -0.3 is 5.32 Å².